The Morgan fingerprint density at radius 1 is 1.29 bits per heavy atom. The maximum absolute atomic E-state index is 13.9. The maximum atomic E-state index is 13.9. The van der Waals surface area contributed by atoms with E-state index in [1.807, 2.05) is 0 Å². The molecule has 1 N–H and O–H groups in total. The van der Waals surface area contributed by atoms with Crippen molar-refractivity contribution in [1.82, 2.24) is 10.2 Å². The van der Waals surface area contributed by atoms with Crippen LogP contribution in [0.3, 0.4) is 0 Å². The van der Waals surface area contributed by atoms with Gasteiger partial charge < -0.3 is 5.32 Å². The fraction of sp³-hybridized carbons (Fsp3) is 0.357. The molecule has 5 nitrogen and oxygen atoms in total. The highest BCUT2D eigenvalue weighted by molar-refractivity contribution is 6.07. The zero-order valence-corrected chi connectivity index (χ0v) is 11.6. The summed E-state index contributed by atoms with van der Waals surface area (Å²) < 4.78 is 27.7. The van der Waals surface area contributed by atoms with Crippen LogP contribution in [0.5, 0.6) is 0 Å². The van der Waals surface area contributed by atoms with Gasteiger partial charge in [0.2, 0.25) is 0 Å². The minimum absolute atomic E-state index is 0.00497. The zero-order chi connectivity index (χ0) is 15.8. The van der Waals surface area contributed by atoms with E-state index in [2.05, 4.69) is 5.32 Å². The molecule has 1 aliphatic heterocycles. The van der Waals surface area contributed by atoms with Crippen LogP contribution >= 0.6 is 0 Å². The molecule has 1 aliphatic rings. The van der Waals surface area contributed by atoms with E-state index in [-0.39, 0.29) is 18.7 Å². The van der Waals surface area contributed by atoms with Gasteiger partial charge in [-0.2, -0.15) is 0 Å². The Labute approximate surface area is 119 Å². The molecule has 0 saturated carbocycles. The van der Waals surface area contributed by atoms with Crippen molar-refractivity contribution in [2.75, 3.05) is 6.54 Å². The summed E-state index contributed by atoms with van der Waals surface area (Å²) in [6, 6.07) is 2.43. The number of hydrogen-bond donors (Lipinski definition) is 1. The number of carbonyl (C=O) groups excluding carboxylic acids is 3. The van der Waals surface area contributed by atoms with Crippen LogP contribution in [0.2, 0.25) is 0 Å². The summed E-state index contributed by atoms with van der Waals surface area (Å²) in [6.45, 7) is 2.45. The minimum atomic E-state index is -1.82. The van der Waals surface area contributed by atoms with Crippen molar-refractivity contribution in [3.05, 3.63) is 35.4 Å². The zero-order valence-electron chi connectivity index (χ0n) is 11.6. The first-order chi connectivity index (χ1) is 9.77. The molecule has 21 heavy (non-hydrogen) atoms. The number of halogens is 2. The quantitative estimate of drug-likeness (QED) is 0.860. The van der Waals surface area contributed by atoms with E-state index >= 15 is 0 Å². The normalized spacial score (nSPS) is 21.6. The topological polar surface area (TPSA) is 66.5 Å². The fourth-order valence-electron chi connectivity index (χ4n) is 2.31. The largest absolute Gasteiger partial charge is 0.325 e. The molecule has 0 aliphatic carbocycles. The molecule has 3 amide bonds. The van der Waals surface area contributed by atoms with E-state index in [9.17, 15) is 23.2 Å². The van der Waals surface area contributed by atoms with E-state index in [0.29, 0.717) is 0 Å². The number of Topliss-reactive ketones (excluding diaryl/α,β-unsaturated/α-hetero) is 1. The lowest BCUT2D eigenvalue weighted by Crippen LogP contribution is -2.42. The van der Waals surface area contributed by atoms with Crippen LogP contribution in [0.15, 0.2) is 18.2 Å². The van der Waals surface area contributed by atoms with Crippen molar-refractivity contribution in [3.63, 3.8) is 0 Å². The van der Waals surface area contributed by atoms with Crippen molar-refractivity contribution in [1.29, 1.82) is 0 Å². The van der Waals surface area contributed by atoms with Crippen molar-refractivity contribution >= 4 is 17.7 Å². The predicted molar refractivity (Wildman–Crippen MR) is 69.3 cm³/mol. The number of carbonyl (C=O) groups is 3. The van der Waals surface area contributed by atoms with Crippen LogP contribution < -0.4 is 5.32 Å². The molecular weight excluding hydrogens is 282 g/mol. The van der Waals surface area contributed by atoms with Crippen molar-refractivity contribution in [2.24, 2.45) is 0 Å². The lowest BCUT2D eigenvalue weighted by Gasteiger charge is -2.23. The molecule has 1 saturated heterocycles. The molecule has 0 bridgehead atoms. The predicted octanol–water partition coefficient (Wildman–Crippen LogP) is 1.71. The summed E-state index contributed by atoms with van der Waals surface area (Å²) in [4.78, 5) is 36.0. The average molecular weight is 296 g/mol. The summed E-state index contributed by atoms with van der Waals surface area (Å²) in [7, 11) is 0. The van der Waals surface area contributed by atoms with Gasteiger partial charge in [0.05, 0.1) is 5.56 Å². The Morgan fingerprint density at radius 2 is 1.86 bits per heavy atom. The number of urea groups is 1. The Hall–Kier alpha value is -2.31. The van der Waals surface area contributed by atoms with Crippen molar-refractivity contribution in [3.8, 4) is 0 Å². The van der Waals surface area contributed by atoms with E-state index in [0.717, 1.165) is 17.0 Å². The standard InChI is InChI=1S/C14H14F2N2O3/c1-8(19)6-7-18-12(20)14(2,17-13(18)21)11-9(15)4-3-5-10(11)16/h3-5H,6-7H2,1-2H3,(H,17,21)/t14-/m1/s1. The Kier molecular flexibility index (Phi) is 3.76. The van der Waals surface area contributed by atoms with Crippen LogP contribution in [0.4, 0.5) is 13.6 Å². The van der Waals surface area contributed by atoms with Gasteiger partial charge in [-0.05, 0) is 26.0 Å². The van der Waals surface area contributed by atoms with Gasteiger partial charge in [0, 0.05) is 13.0 Å². The number of benzene rings is 1. The monoisotopic (exact) mass is 296 g/mol. The lowest BCUT2D eigenvalue weighted by atomic mass is 9.91. The lowest BCUT2D eigenvalue weighted by molar-refractivity contribution is -0.131. The first-order valence-corrected chi connectivity index (χ1v) is 6.35. The number of hydrogen-bond acceptors (Lipinski definition) is 3. The summed E-state index contributed by atoms with van der Waals surface area (Å²) in [6.07, 6.45) is -0.00497. The van der Waals surface area contributed by atoms with E-state index in [1.54, 1.807) is 0 Å². The molecule has 112 valence electrons. The smallest absolute Gasteiger partial charge is 0.319 e. The molecule has 0 spiro atoms. The number of nitrogens with one attached hydrogen (secondary N) is 1. The molecule has 0 aromatic heterocycles. The van der Waals surface area contributed by atoms with E-state index in [4.69, 9.17) is 0 Å². The van der Waals surface area contributed by atoms with Crippen LogP contribution in [0.1, 0.15) is 25.8 Å². The highest BCUT2D eigenvalue weighted by Crippen LogP contribution is 2.32. The Bertz CT molecular complexity index is 612. The third kappa shape index (κ3) is 2.51. The van der Waals surface area contributed by atoms with Crippen molar-refractivity contribution in [2.45, 2.75) is 25.8 Å². The molecule has 1 atom stereocenters. The van der Waals surface area contributed by atoms with Gasteiger partial charge in [-0.1, -0.05) is 6.07 Å². The summed E-state index contributed by atoms with van der Waals surface area (Å²) in [5, 5.41) is 2.30. The summed E-state index contributed by atoms with van der Waals surface area (Å²) in [5.74, 6) is -2.81. The second-order valence-electron chi connectivity index (χ2n) is 5.06. The molecule has 1 aromatic rings. The third-order valence-electron chi connectivity index (χ3n) is 3.43. The highest BCUT2D eigenvalue weighted by atomic mass is 19.1. The highest BCUT2D eigenvalue weighted by Gasteiger charge is 2.51. The first-order valence-electron chi connectivity index (χ1n) is 6.35. The summed E-state index contributed by atoms with van der Waals surface area (Å²) >= 11 is 0. The van der Waals surface area contributed by atoms with Gasteiger partial charge in [-0.25, -0.2) is 13.6 Å². The molecule has 2 rings (SSSR count). The molecule has 7 heteroatoms. The average Bonchev–Trinajstić information content (AvgIpc) is 2.58. The van der Waals surface area contributed by atoms with E-state index in [1.165, 1.54) is 19.9 Å². The van der Waals surface area contributed by atoms with Gasteiger partial charge in [0.1, 0.15) is 23.0 Å². The van der Waals surface area contributed by atoms with Crippen molar-refractivity contribution < 1.29 is 23.2 Å². The molecule has 0 unspecified atom stereocenters. The number of amides is 3. The minimum Gasteiger partial charge on any atom is -0.319 e. The number of ketones is 1. The second-order valence-corrected chi connectivity index (χ2v) is 5.06. The van der Waals surface area contributed by atoms with Gasteiger partial charge >= 0.3 is 6.03 Å². The van der Waals surface area contributed by atoms with Gasteiger partial charge in [0.25, 0.3) is 5.91 Å². The van der Waals surface area contributed by atoms with Gasteiger partial charge in [-0.15, -0.1) is 0 Å². The van der Waals surface area contributed by atoms with Crippen LogP contribution in [-0.4, -0.2) is 29.2 Å². The van der Waals surface area contributed by atoms with Gasteiger partial charge in [0.15, 0.2) is 0 Å². The Balaban J connectivity index is 2.38. The molecule has 1 aromatic carbocycles. The first kappa shape index (κ1) is 15.1. The fourth-order valence-corrected chi connectivity index (χ4v) is 2.31. The molecule has 1 fully saturated rings. The molecule has 1 heterocycles. The SMILES string of the molecule is CC(=O)CCN1C(=O)N[C@](C)(c2c(F)cccc2F)C1=O. The second kappa shape index (κ2) is 5.23. The number of nitrogens with zero attached hydrogens (tertiary/aromatic N) is 1. The van der Waals surface area contributed by atoms with Crippen LogP contribution in [0.25, 0.3) is 0 Å². The number of imide groups is 1. The number of rotatable bonds is 4. The van der Waals surface area contributed by atoms with E-state index < -0.39 is 34.7 Å². The Morgan fingerprint density at radius 3 is 2.38 bits per heavy atom. The maximum Gasteiger partial charge on any atom is 0.325 e. The van der Waals surface area contributed by atoms with Gasteiger partial charge in [-0.3, -0.25) is 14.5 Å². The molecule has 0 radical (unpaired) electrons. The molecular formula is C14H14F2N2O3. The third-order valence-corrected chi connectivity index (χ3v) is 3.43. The van der Waals surface area contributed by atoms with Crippen LogP contribution in [-0.2, 0) is 15.1 Å². The van der Waals surface area contributed by atoms with Crippen LogP contribution in [0, 0.1) is 11.6 Å². The summed E-state index contributed by atoms with van der Waals surface area (Å²) in [5.41, 5.74) is -2.32.